The Morgan fingerprint density at radius 3 is 2.57 bits per heavy atom. The number of carbonyl (C=O) groups excluding carboxylic acids is 1. The number of cyclic esters (lactones) is 1. The van der Waals surface area contributed by atoms with Gasteiger partial charge in [0.2, 0.25) is 5.90 Å². The molecule has 0 saturated carbocycles. The molecule has 5 heteroatoms. The Labute approximate surface area is 175 Å². The molecule has 0 unspecified atom stereocenters. The predicted molar refractivity (Wildman–Crippen MR) is 116 cm³/mol. The molecule has 0 bridgehead atoms. The number of esters is 1. The molecular formula is C25H21NO4. The molecule has 0 spiro atoms. The Bertz CT molecular complexity index is 1130. The highest BCUT2D eigenvalue weighted by molar-refractivity contribution is 6.12. The fraction of sp³-hybridized carbons (Fsp3) is 0.120. The number of ether oxygens (including phenoxy) is 3. The van der Waals surface area contributed by atoms with Crippen molar-refractivity contribution in [3.05, 3.63) is 101 Å². The second-order valence-corrected chi connectivity index (χ2v) is 6.89. The van der Waals surface area contributed by atoms with Gasteiger partial charge in [-0.2, -0.15) is 0 Å². The molecule has 150 valence electrons. The van der Waals surface area contributed by atoms with E-state index in [0.29, 0.717) is 24.0 Å². The van der Waals surface area contributed by atoms with E-state index in [4.69, 9.17) is 14.2 Å². The normalized spacial score (nSPS) is 14.4. The van der Waals surface area contributed by atoms with Crippen molar-refractivity contribution in [2.75, 3.05) is 7.11 Å². The zero-order valence-electron chi connectivity index (χ0n) is 16.8. The van der Waals surface area contributed by atoms with Crippen molar-refractivity contribution in [2.24, 2.45) is 4.99 Å². The van der Waals surface area contributed by atoms with Gasteiger partial charge in [-0.25, -0.2) is 9.79 Å². The molecule has 3 aromatic carbocycles. The van der Waals surface area contributed by atoms with Gasteiger partial charge >= 0.3 is 5.97 Å². The summed E-state index contributed by atoms with van der Waals surface area (Å²) in [4.78, 5) is 16.6. The highest BCUT2D eigenvalue weighted by Gasteiger charge is 2.24. The van der Waals surface area contributed by atoms with Gasteiger partial charge in [-0.05, 0) is 48.4 Å². The molecule has 1 aliphatic heterocycles. The molecule has 1 heterocycles. The standard InChI is InChI=1S/C25H21NO4/c1-17-7-6-10-20(13-17)24-26-21(25(27)30-24)14-19-11-12-22(23(15-19)28-2)29-16-18-8-4-3-5-9-18/h3-15H,16H2,1-2H3. The van der Waals surface area contributed by atoms with Gasteiger partial charge in [0.05, 0.1) is 7.11 Å². The van der Waals surface area contributed by atoms with E-state index in [1.54, 1.807) is 19.3 Å². The van der Waals surface area contributed by atoms with E-state index >= 15 is 0 Å². The Balaban J connectivity index is 1.55. The molecule has 0 amide bonds. The van der Waals surface area contributed by atoms with E-state index in [2.05, 4.69) is 4.99 Å². The average Bonchev–Trinajstić information content (AvgIpc) is 3.13. The minimum Gasteiger partial charge on any atom is -0.493 e. The van der Waals surface area contributed by atoms with Crippen LogP contribution < -0.4 is 9.47 Å². The first-order chi connectivity index (χ1) is 14.6. The molecule has 5 nitrogen and oxygen atoms in total. The Kier molecular flexibility index (Phi) is 5.61. The Morgan fingerprint density at radius 2 is 1.80 bits per heavy atom. The van der Waals surface area contributed by atoms with E-state index in [0.717, 1.165) is 22.3 Å². The van der Waals surface area contributed by atoms with Gasteiger partial charge in [-0.3, -0.25) is 0 Å². The van der Waals surface area contributed by atoms with Crippen LogP contribution in [0.5, 0.6) is 11.5 Å². The lowest BCUT2D eigenvalue weighted by Gasteiger charge is -2.11. The molecule has 0 atom stereocenters. The summed E-state index contributed by atoms with van der Waals surface area (Å²) in [5.74, 6) is 1.04. The lowest BCUT2D eigenvalue weighted by Crippen LogP contribution is -2.05. The minimum atomic E-state index is -0.477. The van der Waals surface area contributed by atoms with Crippen LogP contribution >= 0.6 is 0 Å². The minimum absolute atomic E-state index is 0.242. The zero-order chi connectivity index (χ0) is 20.9. The maximum atomic E-state index is 12.3. The second-order valence-electron chi connectivity index (χ2n) is 6.89. The average molecular weight is 399 g/mol. The van der Waals surface area contributed by atoms with E-state index < -0.39 is 5.97 Å². The highest BCUT2D eigenvalue weighted by Crippen LogP contribution is 2.30. The van der Waals surface area contributed by atoms with Crippen LogP contribution in [0.1, 0.15) is 22.3 Å². The molecule has 0 aromatic heterocycles. The Hall–Kier alpha value is -3.86. The van der Waals surface area contributed by atoms with Crippen molar-refractivity contribution < 1.29 is 19.0 Å². The van der Waals surface area contributed by atoms with E-state index in [1.165, 1.54) is 0 Å². The molecule has 0 saturated heterocycles. The van der Waals surface area contributed by atoms with Crippen LogP contribution in [0.15, 0.2) is 83.5 Å². The fourth-order valence-electron chi connectivity index (χ4n) is 3.10. The summed E-state index contributed by atoms with van der Waals surface area (Å²) in [6.07, 6.45) is 1.68. The summed E-state index contributed by atoms with van der Waals surface area (Å²) in [6.45, 7) is 2.42. The molecule has 1 aliphatic rings. The van der Waals surface area contributed by atoms with Crippen LogP contribution in [0.3, 0.4) is 0 Å². The third kappa shape index (κ3) is 4.41. The van der Waals surface area contributed by atoms with Gasteiger partial charge in [0.15, 0.2) is 17.2 Å². The smallest absolute Gasteiger partial charge is 0.363 e. The first kappa shape index (κ1) is 19.5. The van der Waals surface area contributed by atoms with E-state index in [1.807, 2.05) is 73.7 Å². The van der Waals surface area contributed by atoms with E-state index in [9.17, 15) is 4.79 Å². The maximum absolute atomic E-state index is 12.3. The third-order valence-electron chi connectivity index (χ3n) is 4.61. The summed E-state index contributed by atoms with van der Waals surface area (Å²) in [5.41, 5.74) is 3.91. The number of carbonyl (C=O) groups is 1. The van der Waals surface area contributed by atoms with Crippen LogP contribution in [0, 0.1) is 6.92 Å². The molecule has 0 radical (unpaired) electrons. The predicted octanol–water partition coefficient (Wildman–Crippen LogP) is 4.93. The molecular weight excluding hydrogens is 378 g/mol. The van der Waals surface area contributed by atoms with E-state index in [-0.39, 0.29) is 5.70 Å². The highest BCUT2D eigenvalue weighted by atomic mass is 16.6. The monoisotopic (exact) mass is 399 g/mol. The summed E-state index contributed by atoms with van der Waals surface area (Å²) in [7, 11) is 1.58. The summed E-state index contributed by atoms with van der Waals surface area (Å²) >= 11 is 0. The van der Waals surface area contributed by atoms with Crippen LogP contribution in [0.25, 0.3) is 6.08 Å². The van der Waals surface area contributed by atoms with Crippen molar-refractivity contribution in [3.63, 3.8) is 0 Å². The molecule has 0 fully saturated rings. The topological polar surface area (TPSA) is 57.1 Å². The van der Waals surface area contributed by atoms with Gasteiger partial charge in [-0.1, -0.05) is 54.1 Å². The van der Waals surface area contributed by atoms with Gasteiger partial charge in [0.25, 0.3) is 0 Å². The lowest BCUT2D eigenvalue weighted by atomic mass is 10.1. The molecule has 0 N–H and O–H groups in total. The first-order valence-electron chi connectivity index (χ1n) is 9.57. The van der Waals surface area contributed by atoms with Gasteiger partial charge in [0.1, 0.15) is 6.61 Å². The number of rotatable bonds is 6. The van der Waals surface area contributed by atoms with Crippen molar-refractivity contribution >= 4 is 17.9 Å². The van der Waals surface area contributed by atoms with Crippen LogP contribution in [-0.4, -0.2) is 19.0 Å². The molecule has 4 rings (SSSR count). The number of methoxy groups -OCH3 is 1. The van der Waals surface area contributed by atoms with Gasteiger partial charge < -0.3 is 14.2 Å². The largest absolute Gasteiger partial charge is 0.493 e. The molecule has 30 heavy (non-hydrogen) atoms. The number of hydrogen-bond acceptors (Lipinski definition) is 5. The summed E-state index contributed by atoms with van der Waals surface area (Å²) < 4.78 is 16.7. The van der Waals surface area contributed by atoms with Crippen molar-refractivity contribution in [1.29, 1.82) is 0 Å². The lowest BCUT2D eigenvalue weighted by molar-refractivity contribution is -0.129. The number of aryl methyl sites for hydroxylation is 1. The molecule has 3 aromatic rings. The van der Waals surface area contributed by atoms with Gasteiger partial charge in [0, 0.05) is 5.56 Å². The zero-order valence-corrected chi connectivity index (χ0v) is 16.8. The van der Waals surface area contributed by atoms with Crippen molar-refractivity contribution in [2.45, 2.75) is 13.5 Å². The third-order valence-corrected chi connectivity index (χ3v) is 4.61. The van der Waals surface area contributed by atoms with Crippen LogP contribution in [-0.2, 0) is 16.1 Å². The fourth-order valence-corrected chi connectivity index (χ4v) is 3.10. The number of aliphatic imine (C=N–C) groups is 1. The molecule has 0 aliphatic carbocycles. The second kappa shape index (κ2) is 8.66. The van der Waals surface area contributed by atoms with Crippen molar-refractivity contribution in [3.8, 4) is 11.5 Å². The Morgan fingerprint density at radius 1 is 0.967 bits per heavy atom. The number of nitrogens with zero attached hydrogens (tertiary/aromatic N) is 1. The first-order valence-corrected chi connectivity index (χ1v) is 9.57. The quantitative estimate of drug-likeness (QED) is 0.436. The summed E-state index contributed by atoms with van der Waals surface area (Å²) in [6, 6.07) is 23.1. The number of hydrogen-bond donors (Lipinski definition) is 0. The maximum Gasteiger partial charge on any atom is 0.363 e. The van der Waals surface area contributed by atoms with Crippen molar-refractivity contribution in [1.82, 2.24) is 0 Å². The van der Waals surface area contributed by atoms with Crippen LogP contribution in [0.2, 0.25) is 0 Å². The summed E-state index contributed by atoms with van der Waals surface area (Å²) in [5, 5.41) is 0. The number of benzene rings is 3. The SMILES string of the molecule is COc1cc(C=C2N=C(c3cccc(C)c3)OC2=O)ccc1OCc1ccccc1. The van der Waals surface area contributed by atoms with Crippen LogP contribution in [0.4, 0.5) is 0 Å². The van der Waals surface area contributed by atoms with Gasteiger partial charge in [-0.15, -0.1) is 0 Å².